The number of carbonyl (C=O) groups is 2. The molecule has 0 saturated heterocycles. The van der Waals surface area contributed by atoms with Gasteiger partial charge in [0.1, 0.15) is 0 Å². The lowest BCUT2D eigenvalue weighted by Gasteiger charge is -2.26. The first kappa shape index (κ1) is 16.5. The molecule has 0 amide bonds. The first-order valence-electron chi connectivity index (χ1n) is 4.34. The molecule has 18 heavy (non-hydrogen) atoms. The Morgan fingerprint density at radius 3 is 1.78 bits per heavy atom. The number of halogens is 6. The third-order valence-electron chi connectivity index (χ3n) is 2.06. The fourth-order valence-corrected chi connectivity index (χ4v) is 0.846. The van der Waals surface area contributed by atoms with Crippen LogP contribution in [0, 0.1) is 5.41 Å². The summed E-state index contributed by atoms with van der Waals surface area (Å²) in [4.78, 5) is 21.6. The van der Waals surface area contributed by atoms with Crippen LogP contribution in [-0.2, 0) is 14.3 Å². The number of rotatable bonds is 6. The van der Waals surface area contributed by atoms with Gasteiger partial charge in [0.25, 0.3) is 6.43 Å². The Balaban J connectivity index is 5.13. The number of carbonyl (C=O) groups excluding carboxylic acids is 1. The molecule has 0 aromatic heterocycles. The Hall–Kier alpha value is -1.48. The second kappa shape index (κ2) is 5.91. The molecule has 0 bridgehead atoms. The molecule has 0 heterocycles. The van der Waals surface area contributed by atoms with Crippen LogP contribution in [0.2, 0.25) is 0 Å². The lowest BCUT2D eigenvalue weighted by molar-refractivity contribution is -0.198. The molecule has 0 radical (unpaired) electrons. The highest BCUT2D eigenvalue weighted by Gasteiger charge is 2.55. The number of hydrogen-bond donors (Lipinski definition) is 1. The zero-order chi connectivity index (χ0) is 14.7. The number of esters is 1. The standard InChI is InChI=1S/C8H8F6O4/c1-8(6(15)16,2(9)3(10)11)7(17)18-5(14)4(12)13/h2-5H,1H3,(H,15,16). The van der Waals surface area contributed by atoms with Crippen molar-refractivity contribution < 1.29 is 45.8 Å². The van der Waals surface area contributed by atoms with Crippen LogP contribution >= 0.6 is 0 Å². The summed E-state index contributed by atoms with van der Waals surface area (Å²) >= 11 is 0. The molecule has 1 N–H and O–H groups in total. The van der Waals surface area contributed by atoms with Gasteiger partial charge in [-0.1, -0.05) is 0 Å². The highest BCUT2D eigenvalue weighted by Crippen LogP contribution is 2.32. The number of aliphatic carboxylic acids is 1. The third-order valence-corrected chi connectivity index (χ3v) is 2.06. The van der Waals surface area contributed by atoms with E-state index in [0.717, 1.165) is 0 Å². The highest BCUT2D eigenvalue weighted by atomic mass is 19.3. The monoisotopic (exact) mass is 282 g/mol. The molecule has 3 atom stereocenters. The predicted octanol–water partition coefficient (Wildman–Crippen LogP) is 1.78. The highest BCUT2D eigenvalue weighted by molar-refractivity contribution is 5.99. The van der Waals surface area contributed by atoms with Crippen LogP contribution in [0.15, 0.2) is 0 Å². The van der Waals surface area contributed by atoms with E-state index in [9.17, 15) is 35.9 Å². The maximum absolute atomic E-state index is 13.0. The summed E-state index contributed by atoms with van der Waals surface area (Å²) in [7, 11) is 0. The van der Waals surface area contributed by atoms with Gasteiger partial charge in [0.15, 0.2) is 11.6 Å². The molecular formula is C8H8F6O4. The zero-order valence-electron chi connectivity index (χ0n) is 8.75. The lowest BCUT2D eigenvalue weighted by Crippen LogP contribution is -2.49. The van der Waals surface area contributed by atoms with Gasteiger partial charge in [0, 0.05) is 0 Å². The van der Waals surface area contributed by atoms with Gasteiger partial charge in [-0.25, -0.2) is 22.0 Å². The maximum Gasteiger partial charge on any atom is 0.329 e. The van der Waals surface area contributed by atoms with Crippen molar-refractivity contribution in [3.63, 3.8) is 0 Å². The van der Waals surface area contributed by atoms with Crippen molar-refractivity contribution in [1.29, 1.82) is 0 Å². The van der Waals surface area contributed by atoms with Crippen LogP contribution in [0.25, 0.3) is 0 Å². The van der Waals surface area contributed by atoms with E-state index in [-0.39, 0.29) is 6.92 Å². The average molecular weight is 282 g/mol. The van der Waals surface area contributed by atoms with E-state index >= 15 is 0 Å². The molecular weight excluding hydrogens is 274 g/mol. The zero-order valence-corrected chi connectivity index (χ0v) is 8.75. The van der Waals surface area contributed by atoms with E-state index in [1.54, 1.807) is 0 Å². The van der Waals surface area contributed by atoms with Crippen molar-refractivity contribution in [1.82, 2.24) is 0 Å². The minimum Gasteiger partial charge on any atom is -0.480 e. The number of carboxylic acid groups (broad SMARTS) is 1. The van der Waals surface area contributed by atoms with Crippen LogP contribution in [0.3, 0.4) is 0 Å². The molecule has 0 fully saturated rings. The van der Waals surface area contributed by atoms with Gasteiger partial charge in [0.2, 0.25) is 0 Å². The molecule has 0 aliphatic rings. The Bertz CT molecular complexity index is 323. The number of alkyl halides is 6. The van der Waals surface area contributed by atoms with E-state index in [2.05, 4.69) is 4.74 Å². The number of ether oxygens (including phenoxy) is 1. The number of hydrogen-bond acceptors (Lipinski definition) is 3. The van der Waals surface area contributed by atoms with Gasteiger partial charge in [-0.2, -0.15) is 4.39 Å². The Morgan fingerprint density at radius 2 is 1.50 bits per heavy atom. The molecule has 4 nitrogen and oxygen atoms in total. The maximum atomic E-state index is 13.0. The van der Waals surface area contributed by atoms with Crippen LogP contribution in [-0.4, -0.2) is 42.4 Å². The first-order chi connectivity index (χ1) is 8.05. The molecule has 106 valence electrons. The Morgan fingerprint density at radius 1 is 1.06 bits per heavy atom. The van der Waals surface area contributed by atoms with Gasteiger partial charge in [-0.05, 0) is 6.92 Å². The molecule has 0 spiro atoms. The van der Waals surface area contributed by atoms with Crippen LogP contribution in [0.1, 0.15) is 6.92 Å². The molecule has 0 rings (SSSR count). The summed E-state index contributed by atoms with van der Waals surface area (Å²) in [5, 5.41) is 8.49. The minimum absolute atomic E-state index is 0.187. The molecule has 0 aromatic rings. The quantitative estimate of drug-likeness (QED) is 0.458. The normalized spacial score (nSPS) is 18.3. The van der Waals surface area contributed by atoms with Gasteiger partial charge in [-0.3, -0.25) is 9.59 Å². The second-order valence-electron chi connectivity index (χ2n) is 3.33. The predicted molar refractivity (Wildman–Crippen MR) is 43.6 cm³/mol. The van der Waals surface area contributed by atoms with Crippen LogP contribution in [0.4, 0.5) is 26.3 Å². The molecule has 0 aliphatic carbocycles. The van der Waals surface area contributed by atoms with Crippen molar-refractivity contribution in [3.8, 4) is 0 Å². The summed E-state index contributed by atoms with van der Waals surface area (Å²) in [6.45, 7) is 0.187. The van der Waals surface area contributed by atoms with E-state index < -0.39 is 42.7 Å². The average Bonchev–Trinajstić information content (AvgIpc) is 2.25. The van der Waals surface area contributed by atoms with E-state index in [4.69, 9.17) is 5.11 Å². The first-order valence-corrected chi connectivity index (χ1v) is 4.34. The second-order valence-corrected chi connectivity index (χ2v) is 3.33. The largest absolute Gasteiger partial charge is 0.480 e. The van der Waals surface area contributed by atoms with Crippen LogP contribution < -0.4 is 0 Å². The summed E-state index contributed by atoms with van der Waals surface area (Å²) in [5.41, 5.74) is -3.48. The van der Waals surface area contributed by atoms with Gasteiger partial charge in [0.05, 0.1) is 0 Å². The topological polar surface area (TPSA) is 63.6 Å². The summed E-state index contributed by atoms with van der Waals surface area (Å²) < 4.78 is 76.1. The van der Waals surface area contributed by atoms with Crippen molar-refractivity contribution in [2.24, 2.45) is 5.41 Å². The lowest BCUT2D eigenvalue weighted by atomic mass is 9.85. The molecule has 0 aliphatic heterocycles. The molecule has 0 saturated carbocycles. The van der Waals surface area contributed by atoms with Gasteiger partial charge in [-0.15, -0.1) is 0 Å². The summed E-state index contributed by atoms with van der Waals surface area (Å²) in [6.07, 6.45) is -14.8. The smallest absolute Gasteiger partial charge is 0.329 e. The van der Waals surface area contributed by atoms with Gasteiger partial charge < -0.3 is 9.84 Å². The summed E-state index contributed by atoms with van der Waals surface area (Å²) in [5.74, 6) is -4.74. The molecule has 3 unspecified atom stereocenters. The molecule has 0 aromatic carbocycles. The van der Waals surface area contributed by atoms with E-state index in [1.807, 2.05) is 0 Å². The van der Waals surface area contributed by atoms with E-state index in [0.29, 0.717) is 0 Å². The van der Waals surface area contributed by atoms with Crippen LogP contribution in [0.5, 0.6) is 0 Å². The minimum atomic E-state index is -3.89. The molecule has 10 heteroatoms. The third kappa shape index (κ3) is 3.26. The van der Waals surface area contributed by atoms with Crippen molar-refractivity contribution in [2.75, 3.05) is 0 Å². The Kier molecular flexibility index (Phi) is 5.43. The van der Waals surface area contributed by atoms with Crippen molar-refractivity contribution >= 4 is 11.9 Å². The van der Waals surface area contributed by atoms with Crippen molar-refractivity contribution in [2.45, 2.75) is 32.3 Å². The van der Waals surface area contributed by atoms with E-state index in [1.165, 1.54) is 0 Å². The number of carboxylic acids is 1. The van der Waals surface area contributed by atoms with Gasteiger partial charge >= 0.3 is 24.7 Å². The fraction of sp³-hybridized carbons (Fsp3) is 0.750. The SMILES string of the molecule is CC(C(=O)O)(C(=O)OC(F)C(F)F)C(F)C(F)F. The summed E-state index contributed by atoms with van der Waals surface area (Å²) in [6, 6.07) is 0. The van der Waals surface area contributed by atoms with Crippen molar-refractivity contribution in [3.05, 3.63) is 0 Å². The Labute approximate surface area is 96.5 Å². The fourth-order valence-electron chi connectivity index (χ4n) is 0.846.